The van der Waals surface area contributed by atoms with Crippen LogP contribution in [0, 0.1) is 5.92 Å². The lowest BCUT2D eigenvalue weighted by Gasteiger charge is -2.15. The molecule has 4 nitrogen and oxygen atoms in total. The minimum Gasteiger partial charge on any atom is -0.481 e. The number of carbonyl (C=O) groups is 2. The van der Waals surface area contributed by atoms with E-state index in [4.69, 9.17) is 5.11 Å². The number of hydrogen-bond donors (Lipinski definition) is 1. The Morgan fingerprint density at radius 3 is 2.47 bits per heavy atom. The molecule has 5 heteroatoms. The second-order valence-corrected chi connectivity index (χ2v) is 4.90. The van der Waals surface area contributed by atoms with Gasteiger partial charge in [-0.2, -0.15) is 11.8 Å². The number of carboxylic acids is 1. The van der Waals surface area contributed by atoms with Crippen LogP contribution in [0.1, 0.15) is 20.3 Å². The summed E-state index contributed by atoms with van der Waals surface area (Å²) in [5, 5.41) is 8.45. The largest absolute Gasteiger partial charge is 0.481 e. The van der Waals surface area contributed by atoms with E-state index in [0.717, 1.165) is 5.75 Å². The van der Waals surface area contributed by atoms with Gasteiger partial charge in [0.05, 0.1) is 12.2 Å². The van der Waals surface area contributed by atoms with E-state index < -0.39 is 5.97 Å². The molecule has 0 bridgehead atoms. The normalized spacial score (nSPS) is 10.4. The van der Waals surface area contributed by atoms with Crippen LogP contribution in [-0.2, 0) is 9.59 Å². The molecule has 0 saturated carbocycles. The lowest BCUT2D eigenvalue weighted by atomic mass is 10.3. The van der Waals surface area contributed by atoms with E-state index in [1.54, 1.807) is 18.8 Å². The molecular formula is C10H19NO3S. The molecule has 0 aromatic carbocycles. The van der Waals surface area contributed by atoms with E-state index >= 15 is 0 Å². The monoisotopic (exact) mass is 233 g/mol. The molecule has 0 aliphatic rings. The van der Waals surface area contributed by atoms with Crippen LogP contribution >= 0.6 is 11.8 Å². The topological polar surface area (TPSA) is 57.6 Å². The third-order valence-corrected chi connectivity index (χ3v) is 3.12. The maximum atomic E-state index is 11.4. The van der Waals surface area contributed by atoms with Crippen LogP contribution in [0.25, 0.3) is 0 Å². The van der Waals surface area contributed by atoms with Crippen molar-refractivity contribution in [3.63, 3.8) is 0 Å². The van der Waals surface area contributed by atoms with E-state index in [9.17, 15) is 9.59 Å². The number of thioether (sulfide) groups is 1. The molecule has 88 valence electrons. The van der Waals surface area contributed by atoms with Crippen LogP contribution in [0.15, 0.2) is 0 Å². The fourth-order valence-electron chi connectivity index (χ4n) is 0.880. The van der Waals surface area contributed by atoms with Gasteiger partial charge in [0.25, 0.3) is 0 Å². The average Bonchev–Trinajstić information content (AvgIpc) is 2.13. The fourth-order valence-corrected chi connectivity index (χ4v) is 1.86. The number of nitrogens with zero attached hydrogens (tertiary/aromatic N) is 1. The molecule has 0 aliphatic heterocycles. The van der Waals surface area contributed by atoms with Gasteiger partial charge < -0.3 is 10.0 Å². The molecule has 0 rings (SSSR count). The minimum absolute atomic E-state index is 0.00176. The molecule has 0 aromatic rings. The Hall–Kier alpha value is -0.710. The maximum Gasteiger partial charge on any atom is 0.305 e. The lowest BCUT2D eigenvalue weighted by molar-refractivity contribution is -0.137. The van der Waals surface area contributed by atoms with E-state index in [0.29, 0.717) is 11.7 Å². The van der Waals surface area contributed by atoms with Crippen LogP contribution < -0.4 is 0 Å². The number of amides is 1. The highest BCUT2D eigenvalue weighted by Gasteiger charge is 2.10. The predicted octanol–water partition coefficient (Wildman–Crippen LogP) is 1.31. The van der Waals surface area contributed by atoms with E-state index in [1.807, 2.05) is 0 Å². The zero-order valence-electron chi connectivity index (χ0n) is 9.52. The number of aliphatic carboxylic acids is 1. The van der Waals surface area contributed by atoms with Crippen molar-refractivity contribution in [2.45, 2.75) is 20.3 Å². The van der Waals surface area contributed by atoms with Crippen molar-refractivity contribution in [3.05, 3.63) is 0 Å². The Labute approximate surface area is 95.0 Å². The number of carbonyl (C=O) groups excluding carboxylic acids is 1. The van der Waals surface area contributed by atoms with Crippen molar-refractivity contribution in [3.8, 4) is 0 Å². The van der Waals surface area contributed by atoms with Crippen LogP contribution in [-0.4, -0.2) is 47.0 Å². The first-order valence-electron chi connectivity index (χ1n) is 4.97. The van der Waals surface area contributed by atoms with Crippen LogP contribution in [0.3, 0.4) is 0 Å². The predicted molar refractivity (Wildman–Crippen MR) is 62.1 cm³/mol. The molecule has 15 heavy (non-hydrogen) atoms. The first kappa shape index (κ1) is 14.3. The molecule has 0 atom stereocenters. The van der Waals surface area contributed by atoms with Crippen molar-refractivity contribution in [1.82, 2.24) is 4.90 Å². The molecule has 0 heterocycles. The summed E-state index contributed by atoms with van der Waals surface area (Å²) in [5.74, 6) is 1.10. The first-order chi connectivity index (χ1) is 6.93. The summed E-state index contributed by atoms with van der Waals surface area (Å²) in [6, 6.07) is 0. The Bertz CT molecular complexity index is 219. The number of carboxylic acid groups (broad SMARTS) is 1. The third kappa shape index (κ3) is 8.30. The summed E-state index contributed by atoms with van der Waals surface area (Å²) in [4.78, 5) is 23.2. The van der Waals surface area contributed by atoms with Crippen LogP contribution in [0.4, 0.5) is 0 Å². The molecule has 0 fully saturated rings. The highest BCUT2D eigenvalue weighted by atomic mass is 32.2. The summed E-state index contributed by atoms with van der Waals surface area (Å²) < 4.78 is 0. The zero-order chi connectivity index (χ0) is 11.8. The summed E-state index contributed by atoms with van der Waals surface area (Å²) in [6.45, 7) is 4.49. The Kier molecular flexibility index (Phi) is 7.21. The van der Waals surface area contributed by atoms with Crippen molar-refractivity contribution >= 4 is 23.6 Å². The quantitative estimate of drug-likeness (QED) is 0.720. The Morgan fingerprint density at radius 1 is 1.40 bits per heavy atom. The molecule has 0 spiro atoms. The van der Waals surface area contributed by atoms with Crippen LogP contribution in [0.2, 0.25) is 0 Å². The third-order valence-electron chi connectivity index (χ3n) is 1.76. The average molecular weight is 233 g/mol. The van der Waals surface area contributed by atoms with E-state index in [-0.39, 0.29) is 18.9 Å². The summed E-state index contributed by atoms with van der Waals surface area (Å²) >= 11 is 1.59. The van der Waals surface area contributed by atoms with Crippen molar-refractivity contribution in [2.75, 3.05) is 25.1 Å². The van der Waals surface area contributed by atoms with Gasteiger partial charge in [-0.3, -0.25) is 9.59 Å². The van der Waals surface area contributed by atoms with Crippen molar-refractivity contribution in [2.24, 2.45) is 5.92 Å². The lowest BCUT2D eigenvalue weighted by Crippen LogP contribution is -2.30. The smallest absolute Gasteiger partial charge is 0.305 e. The van der Waals surface area contributed by atoms with Gasteiger partial charge in [-0.15, -0.1) is 0 Å². The molecular weight excluding hydrogens is 214 g/mol. The van der Waals surface area contributed by atoms with E-state index in [1.165, 1.54) is 4.90 Å². The highest BCUT2D eigenvalue weighted by molar-refractivity contribution is 7.99. The number of rotatable bonds is 7. The SMILES string of the molecule is CC(C)CSCC(=O)N(C)CCC(=O)O. The van der Waals surface area contributed by atoms with Gasteiger partial charge >= 0.3 is 5.97 Å². The summed E-state index contributed by atoms with van der Waals surface area (Å²) in [7, 11) is 1.64. The Balaban J connectivity index is 3.64. The zero-order valence-corrected chi connectivity index (χ0v) is 10.3. The van der Waals surface area contributed by atoms with E-state index in [2.05, 4.69) is 13.8 Å². The van der Waals surface area contributed by atoms with Gasteiger partial charge in [0.1, 0.15) is 0 Å². The van der Waals surface area contributed by atoms with Gasteiger partial charge in [-0.1, -0.05) is 13.8 Å². The number of hydrogen-bond acceptors (Lipinski definition) is 3. The van der Waals surface area contributed by atoms with Crippen LogP contribution in [0.5, 0.6) is 0 Å². The van der Waals surface area contributed by atoms with Gasteiger partial charge in [-0.05, 0) is 11.7 Å². The van der Waals surface area contributed by atoms with Crippen molar-refractivity contribution in [1.29, 1.82) is 0 Å². The molecule has 0 saturated heterocycles. The highest BCUT2D eigenvalue weighted by Crippen LogP contribution is 2.08. The second kappa shape index (κ2) is 7.56. The van der Waals surface area contributed by atoms with Crippen molar-refractivity contribution < 1.29 is 14.7 Å². The first-order valence-corrected chi connectivity index (χ1v) is 6.12. The summed E-state index contributed by atoms with van der Waals surface area (Å²) in [6.07, 6.45) is 0.0110. The Morgan fingerprint density at radius 2 is 2.00 bits per heavy atom. The minimum atomic E-state index is -0.871. The molecule has 0 aromatic heterocycles. The van der Waals surface area contributed by atoms with Gasteiger partial charge in [0.2, 0.25) is 5.91 Å². The maximum absolute atomic E-state index is 11.4. The van der Waals surface area contributed by atoms with Gasteiger partial charge in [-0.25, -0.2) is 0 Å². The fraction of sp³-hybridized carbons (Fsp3) is 0.800. The van der Waals surface area contributed by atoms with Gasteiger partial charge in [0, 0.05) is 13.6 Å². The standard InChI is InChI=1S/C10H19NO3S/c1-8(2)6-15-7-9(12)11(3)5-4-10(13)14/h8H,4-7H2,1-3H3,(H,13,14). The van der Waals surface area contributed by atoms with Gasteiger partial charge in [0.15, 0.2) is 0 Å². The summed E-state index contributed by atoms with van der Waals surface area (Å²) in [5.41, 5.74) is 0. The molecule has 1 amide bonds. The second-order valence-electron chi connectivity index (χ2n) is 3.87. The molecule has 0 radical (unpaired) electrons. The molecule has 1 N–H and O–H groups in total. The molecule has 0 aliphatic carbocycles. The molecule has 0 unspecified atom stereocenters.